The lowest BCUT2D eigenvalue weighted by atomic mass is 10.1. The van der Waals surface area contributed by atoms with E-state index in [1.165, 1.54) is 32.2 Å². The molecule has 0 aliphatic heterocycles. The highest BCUT2D eigenvalue weighted by molar-refractivity contribution is 7.92. The third kappa shape index (κ3) is 3.39. The summed E-state index contributed by atoms with van der Waals surface area (Å²) in [4.78, 5) is 14.8. The second-order valence-electron chi connectivity index (χ2n) is 4.56. The highest BCUT2D eigenvalue weighted by Crippen LogP contribution is 2.26. The van der Waals surface area contributed by atoms with E-state index in [4.69, 9.17) is 4.74 Å². The van der Waals surface area contributed by atoms with Crippen molar-refractivity contribution in [1.29, 1.82) is 0 Å². The normalized spacial score (nSPS) is 11.1. The van der Waals surface area contributed by atoms with Gasteiger partial charge in [0.1, 0.15) is 10.7 Å². The molecule has 2 aromatic rings. The molecule has 9 heteroatoms. The van der Waals surface area contributed by atoms with Gasteiger partial charge in [-0.1, -0.05) is 6.07 Å². The van der Waals surface area contributed by atoms with Crippen LogP contribution in [-0.4, -0.2) is 31.6 Å². The van der Waals surface area contributed by atoms with E-state index in [-0.39, 0.29) is 16.3 Å². The summed E-state index contributed by atoms with van der Waals surface area (Å²) in [5, 5.41) is 9.18. The zero-order chi connectivity index (χ0) is 17.2. The lowest BCUT2D eigenvalue weighted by Crippen LogP contribution is -2.18. The first-order valence-corrected chi connectivity index (χ1v) is 7.80. The van der Waals surface area contributed by atoms with Crippen LogP contribution in [0.1, 0.15) is 15.9 Å². The van der Waals surface area contributed by atoms with Crippen molar-refractivity contribution in [2.24, 2.45) is 0 Å². The first-order valence-electron chi connectivity index (χ1n) is 6.31. The average molecular weight is 340 g/mol. The molecule has 1 aromatic heterocycles. The van der Waals surface area contributed by atoms with E-state index in [9.17, 15) is 22.7 Å². The van der Waals surface area contributed by atoms with E-state index in [2.05, 4.69) is 4.98 Å². The summed E-state index contributed by atoms with van der Waals surface area (Å²) in [5.74, 6) is -2.22. The Morgan fingerprint density at radius 1 is 1.30 bits per heavy atom. The number of halogens is 1. The number of aromatic carboxylic acids is 1. The maximum Gasteiger partial charge on any atom is 0.338 e. The summed E-state index contributed by atoms with van der Waals surface area (Å²) in [6.07, 6.45) is 1.02. The maximum atomic E-state index is 13.9. The monoisotopic (exact) mass is 340 g/mol. The van der Waals surface area contributed by atoms with Gasteiger partial charge in [-0.2, -0.15) is 0 Å². The fraction of sp³-hybridized carbons (Fsp3) is 0.143. The summed E-state index contributed by atoms with van der Waals surface area (Å²) >= 11 is 0. The van der Waals surface area contributed by atoms with Gasteiger partial charge in [-0.25, -0.2) is 22.6 Å². The number of hydrogen-bond donors (Lipinski definition) is 2. The Balaban J connectivity index is 2.48. The van der Waals surface area contributed by atoms with Crippen LogP contribution in [0.5, 0.6) is 5.88 Å². The van der Waals surface area contributed by atoms with Gasteiger partial charge in [-0.3, -0.25) is 4.72 Å². The molecule has 0 spiro atoms. The fourth-order valence-electron chi connectivity index (χ4n) is 1.90. The molecule has 1 aromatic carbocycles. The summed E-state index contributed by atoms with van der Waals surface area (Å²) in [6.45, 7) is 1.44. The molecule has 2 rings (SSSR count). The van der Waals surface area contributed by atoms with Crippen molar-refractivity contribution in [2.45, 2.75) is 11.8 Å². The minimum absolute atomic E-state index is 0.205. The largest absolute Gasteiger partial charge is 0.481 e. The zero-order valence-electron chi connectivity index (χ0n) is 12.2. The van der Waals surface area contributed by atoms with Crippen LogP contribution < -0.4 is 9.46 Å². The van der Waals surface area contributed by atoms with Crippen molar-refractivity contribution >= 4 is 21.7 Å². The van der Waals surface area contributed by atoms with Crippen molar-refractivity contribution in [3.63, 3.8) is 0 Å². The van der Waals surface area contributed by atoms with Gasteiger partial charge in [0, 0.05) is 6.07 Å². The first kappa shape index (κ1) is 16.7. The van der Waals surface area contributed by atoms with E-state index in [0.717, 1.165) is 12.3 Å². The molecule has 0 aliphatic carbocycles. The minimum Gasteiger partial charge on any atom is -0.481 e. The number of methoxy groups -OCH3 is 1. The van der Waals surface area contributed by atoms with Crippen LogP contribution in [0.3, 0.4) is 0 Å². The Labute approximate surface area is 131 Å². The number of carboxylic acid groups (broad SMARTS) is 1. The van der Waals surface area contributed by atoms with Crippen LogP contribution >= 0.6 is 0 Å². The predicted molar refractivity (Wildman–Crippen MR) is 79.7 cm³/mol. The summed E-state index contributed by atoms with van der Waals surface area (Å²) in [7, 11) is -2.83. The number of hydrogen-bond acceptors (Lipinski definition) is 5. The van der Waals surface area contributed by atoms with Crippen LogP contribution in [0.2, 0.25) is 0 Å². The number of anilines is 1. The number of aryl methyl sites for hydroxylation is 1. The smallest absolute Gasteiger partial charge is 0.338 e. The number of aromatic nitrogens is 1. The second kappa shape index (κ2) is 6.21. The summed E-state index contributed by atoms with van der Waals surface area (Å²) < 4.78 is 45.3. The van der Waals surface area contributed by atoms with E-state index in [1.807, 2.05) is 4.72 Å². The average Bonchev–Trinajstić information content (AvgIpc) is 2.50. The van der Waals surface area contributed by atoms with Crippen molar-refractivity contribution in [2.75, 3.05) is 11.8 Å². The standard InChI is InChI=1S/C14H13FN2O5S/c1-8-3-5-10(15)13(12(8)14(18)19)17-23(20,21)9-4-6-11(22-2)16-7-9/h3-7,17H,1-2H3,(H,18,19). The van der Waals surface area contributed by atoms with Crippen molar-refractivity contribution in [1.82, 2.24) is 4.98 Å². The maximum absolute atomic E-state index is 13.9. The summed E-state index contributed by atoms with van der Waals surface area (Å²) in [5.41, 5.74) is -0.840. The van der Waals surface area contributed by atoms with Gasteiger partial charge in [0.15, 0.2) is 0 Å². The third-order valence-corrected chi connectivity index (χ3v) is 4.38. The Kier molecular flexibility index (Phi) is 4.50. The van der Waals surface area contributed by atoms with Crippen molar-refractivity contribution in [3.8, 4) is 5.88 Å². The van der Waals surface area contributed by atoms with Gasteiger partial charge in [0.05, 0.1) is 24.6 Å². The molecule has 0 amide bonds. The number of nitrogens with one attached hydrogen (secondary N) is 1. The number of pyridine rings is 1. The second-order valence-corrected chi connectivity index (χ2v) is 6.24. The highest BCUT2D eigenvalue weighted by Gasteiger charge is 2.23. The van der Waals surface area contributed by atoms with Crippen LogP contribution in [0.4, 0.5) is 10.1 Å². The van der Waals surface area contributed by atoms with Gasteiger partial charge in [-0.05, 0) is 24.6 Å². The topological polar surface area (TPSA) is 106 Å². The lowest BCUT2D eigenvalue weighted by molar-refractivity contribution is 0.0697. The predicted octanol–water partition coefficient (Wildman–Crippen LogP) is 2.04. The molecule has 122 valence electrons. The number of ether oxygens (including phenoxy) is 1. The molecule has 23 heavy (non-hydrogen) atoms. The Morgan fingerprint density at radius 3 is 2.52 bits per heavy atom. The molecule has 0 atom stereocenters. The van der Waals surface area contributed by atoms with Crippen LogP contribution in [-0.2, 0) is 10.0 Å². The highest BCUT2D eigenvalue weighted by atomic mass is 32.2. The molecular weight excluding hydrogens is 327 g/mol. The van der Waals surface area contributed by atoms with Gasteiger partial charge in [-0.15, -0.1) is 0 Å². The molecule has 0 aliphatic rings. The lowest BCUT2D eigenvalue weighted by Gasteiger charge is -2.13. The molecule has 1 heterocycles. The first-order chi connectivity index (χ1) is 10.8. The molecule has 0 fully saturated rings. The molecule has 0 bridgehead atoms. The Hall–Kier alpha value is -2.68. The number of sulfonamides is 1. The molecule has 2 N–H and O–H groups in total. The number of carboxylic acids is 1. The van der Waals surface area contributed by atoms with Gasteiger partial charge < -0.3 is 9.84 Å². The van der Waals surface area contributed by atoms with Gasteiger partial charge in [0.25, 0.3) is 10.0 Å². The van der Waals surface area contributed by atoms with Crippen molar-refractivity contribution in [3.05, 3.63) is 47.4 Å². The minimum atomic E-state index is -4.20. The third-order valence-electron chi connectivity index (χ3n) is 3.04. The molecule has 0 unspecified atom stereocenters. The number of nitrogens with zero attached hydrogens (tertiary/aromatic N) is 1. The van der Waals surface area contributed by atoms with Crippen molar-refractivity contribution < 1.29 is 27.4 Å². The van der Waals surface area contributed by atoms with Crippen LogP contribution in [0.25, 0.3) is 0 Å². The SMILES string of the molecule is COc1ccc(S(=O)(=O)Nc2c(F)ccc(C)c2C(=O)O)cn1. The van der Waals surface area contributed by atoms with E-state index in [0.29, 0.717) is 0 Å². The fourth-order valence-corrected chi connectivity index (χ4v) is 2.92. The van der Waals surface area contributed by atoms with Gasteiger partial charge in [0.2, 0.25) is 5.88 Å². The number of rotatable bonds is 5. The molecule has 0 saturated heterocycles. The Bertz CT molecular complexity index is 850. The van der Waals surface area contributed by atoms with Crippen LogP contribution in [0.15, 0.2) is 35.4 Å². The summed E-state index contributed by atoms with van der Waals surface area (Å²) in [6, 6.07) is 4.78. The molecular formula is C14H13FN2O5S. The number of carbonyl (C=O) groups is 1. The van der Waals surface area contributed by atoms with E-state index in [1.54, 1.807) is 0 Å². The van der Waals surface area contributed by atoms with E-state index < -0.39 is 33.1 Å². The van der Waals surface area contributed by atoms with Gasteiger partial charge >= 0.3 is 5.97 Å². The molecule has 0 saturated carbocycles. The van der Waals surface area contributed by atoms with Crippen LogP contribution in [0, 0.1) is 12.7 Å². The van der Waals surface area contributed by atoms with E-state index >= 15 is 0 Å². The Morgan fingerprint density at radius 2 is 2.00 bits per heavy atom. The number of benzene rings is 1. The molecule has 7 nitrogen and oxygen atoms in total. The quantitative estimate of drug-likeness (QED) is 0.863. The molecule has 0 radical (unpaired) electrons. The zero-order valence-corrected chi connectivity index (χ0v) is 13.0.